The third kappa shape index (κ3) is 4.23. The van der Waals surface area contributed by atoms with Crippen molar-refractivity contribution in [3.8, 4) is 5.75 Å². The van der Waals surface area contributed by atoms with Crippen LogP contribution in [0, 0.1) is 5.82 Å². The molecule has 1 unspecified atom stereocenters. The smallest absolute Gasteiger partial charge is 0.258 e. The molecule has 0 heterocycles. The molecular formula is C21H22ClFN2O3S. The summed E-state index contributed by atoms with van der Waals surface area (Å²) in [5.41, 5.74) is 0.904. The van der Waals surface area contributed by atoms with Gasteiger partial charge in [-0.15, -0.1) is 0 Å². The van der Waals surface area contributed by atoms with Crippen molar-refractivity contribution in [3.63, 3.8) is 0 Å². The molecule has 0 aromatic heterocycles. The Morgan fingerprint density at radius 2 is 1.97 bits per heavy atom. The molecule has 0 radical (unpaired) electrons. The van der Waals surface area contributed by atoms with E-state index in [-0.39, 0.29) is 34.4 Å². The van der Waals surface area contributed by atoms with E-state index in [0.717, 1.165) is 35.8 Å². The summed E-state index contributed by atoms with van der Waals surface area (Å²) in [5, 5.41) is 6.62. The molecule has 3 fully saturated rings. The molecule has 2 N–H and O–H groups in total. The Labute approximate surface area is 177 Å². The number of hydrogen-bond acceptors (Lipinski definition) is 4. The lowest BCUT2D eigenvalue weighted by molar-refractivity contribution is -0.143. The Balaban J connectivity index is 1.23. The molecule has 8 heteroatoms. The Morgan fingerprint density at radius 3 is 2.66 bits per heavy atom. The van der Waals surface area contributed by atoms with Crippen molar-refractivity contribution >= 4 is 28.7 Å². The number of carbonyl (C=O) groups excluding carboxylic acids is 1. The first-order chi connectivity index (χ1) is 13.8. The van der Waals surface area contributed by atoms with Gasteiger partial charge in [0, 0.05) is 29.3 Å². The molecule has 0 saturated heterocycles. The van der Waals surface area contributed by atoms with Crippen LogP contribution < -0.4 is 15.4 Å². The van der Waals surface area contributed by atoms with Gasteiger partial charge in [-0.2, -0.15) is 0 Å². The summed E-state index contributed by atoms with van der Waals surface area (Å²) < 4.78 is 30.6. The van der Waals surface area contributed by atoms with Gasteiger partial charge in [0.05, 0.1) is 5.02 Å². The van der Waals surface area contributed by atoms with Crippen molar-refractivity contribution in [1.29, 1.82) is 0 Å². The number of halogens is 2. The topological polar surface area (TPSA) is 73.4 Å². The van der Waals surface area contributed by atoms with E-state index < -0.39 is 17.0 Å². The number of nitrogens with one attached hydrogen (secondary N) is 2. The highest BCUT2D eigenvalue weighted by atomic mass is 35.5. The number of benzene rings is 2. The second-order valence-electron chi connectivity index (χ2n) is 7.92. The first-order valence-electron chi connectivity index (χ1n) is 9.35. The maximum Gasteiger partial charge on any atom is 0.258 e. The fourth-order valence-corrected chi connectivity index (χ4v) is 5.27. The van der Waals surface area contributed by atoms with Crippen molar-refractivity contribution in [1.82, 2.24) is 10.6 Å². The Kier molecular flexibility index (Phi) is 5.50. The fraction of sp³-hybridized carbons (Fsp3) is 0.381. The van der Waals surface area contributed by atoms with Crippen LogP contribution in [0.3, 0.4) is 0 Å². The summed E-state index contributed by atoms with van der Waals surface area (Å²) in [7, 11) is 0. The Bertz CT molecular complexity index is 920. The molecule has 1 atom stereocenters. The van der Waals surface area contributed by atoms with Crippen LogP contribution in [-0.4, -0.2) is 34.4 Å². The van der Waals surface area contributed by atoms with Gasteiger partial charge in [-0.05, 0) is 48.6 Å². The van der Waals surface area contributed by atoms with Crippen LogP contribution in [0.1, 0.15) is 24.8 Å². The van der Waals surface area contributed by atoms with E-state index in [2.05, 4.69) is 10.6 Å². The summed E-state index contributed by atoms with van der Waals surface area (Å²) in [6, 6.07) is 11.8. The molecule has 2 aromatic rings. The zero-order valence-electron chi connectivity index (χ0n) is 16.0. The van der Waals surface area contributed by atoms with Crippen molar-refractivity contribution in [2.45, 2.75) is 41.8 Å². The maximum absolute atomic E-state index is 13.4. The van der Waals surface area contributed by atoms with Crippen LogP contribution >= 0.6 is 11.6 Å². The molecule has 3 saturated carbocycles. The van der Waals surface area contributed by atoms with Crippen LogP contribution in [0.25, 0.3) is 0 Å². The van der Waals surface area contributed by atoms with E-state index in [4.69, 9.17) is 16.3 Å². The molecule has 3 aliphatic rings. The highest BCUT2D eigenvalue weighted by Crippen LogP contribution is 2.60. The van der Waals surface area contributed by atoms with Crippen LogP contribution in [0.5, 0.6) is 5.75 Å². The van der Waals surface area contributed by atoms with E-state index in [9.17, 15) is 13.7 Å². The number of amides is 1. The molecule has 29 heavy (non-hydrogen) atoms. The Morgan fingerprint density at radius 1 is 1.24 bits per heavy atom. The summed E-state index contributed by atoms with van der Waals surface area (Å²) in [4.78, 5) is 13.0. The maximum atomic E-state index is 13.4. The molecule has 5 rings (SSSR count). The zero-order chi connectivity index (χ0) is 20.6. The van der Waals surface area contributed by atoms with Crippen molar-refractivity contribution in [2.24, 2.45) is 0 Å². The summed E-state index contributed by atoms with van der Waals surface area (Å²) >= 11 is 4.61. The molecule has 2 bridgehead atoms. The fourth-order valence-electron chi connectivity index (χ4n) is 4.37. The lowest BCUT2D eigenvalue weighted by atomic mass is 9.44. The van der Waals surface area contributed by atoms with Crippen molar-refractivity contribution in [3.05, 3.63) is 58.9 Å². The number of hydrogen-bond donors (Lipinski definition) is 2. The minimum atomic E-state index is -1.02. The van der Waals surface area contributed by atoms with E-state index in [0.29, 0.717) is 6.54 Å². The molecule has 154 valence electrons. The van der Waals surface area contributed by atoms with Crippen molar-refractivity contribution in [2.75, 3.05) is 12.9 Å². The van der Waals surface area contributed by atoms with Crippen LogP contribution in [0.15, 0.2) is 47.4 Å². The second-order valence-corrected chi connectivity index (χ2v) is 9.67. The molecule has 1 amide bonds. The van der Waals surface area contributed by atoms with E-state index in [1.807, 2.05) is 24.3 Å². The minimum absolute atomic E-state index is 0.0151. The zero-order valence-corrected chi connectivity index (χ0v) is 17.5. The summed E-state index contributed by atoms with van der Waals surface area (Å²) in [6.07, 6.45) is 4.26. The molecule has 5 nitrogen and oxygen atoms in total. The van der Waals surface area contributed by atoms with Gasteiger partial charge in [-0.1, -0.05) is 29.8 Å². The monoisotopic (exact) mass is 436 g/mol. The lowest BCUT2D eigenvalue weighted by Crippen LogP contribution is -2.83. The van der Waals surface area contributed by atoms with Gasteiger partial charge in [0.15, 0.2) is 11.5 Å². The third-order valence-corrected chi connectivity index (χ3v) is 6.96. The lowest BCUT2D eigenvalue weighted by Gasteiger charge is -2.70. The highest BCUT2D eigenvalue weighted by Gasteiger charge is 2.68. The van der Waals surface area contributed by atoms with E-state index >= 15 is 0 Å². The van der Waals surface area contributed by atoms with Gasteiger partial charge in [-0.3, -0.25) is 4.79 Å². The van der Waals surface area contributed by atoms with Gasteiger partial charge in [0.25, 0.3) is 5.91 Å². The normalized spacial score (nSPS) is 25.5. The number of carbonyl (C=O) groups is 1. The third-order valence-electron chi connectivity index (χ3n) is 5.63. The van der Waals surface area contributed by atoms with Gasteiger partial charge < -0.3 is 19.9 Å². The van der Waals surface area contributed by atoms with Crippen molar-refractivity contribution < 1.29 is 18.5 Å². The van der Waals surface area contributed by atoms with Gasteiger partial charge in [0.1, 0.15) is 17.8 Å². The predicted octanol–water partition coefficient (Wildman–Crippen LogP) is 3.18. The minimum Gasteiger partial charge on any atom is -0.612 e. The summed E-state index contributed by atoms with van der Waals surface area (Å²) in [5.74, 6) is -0.532. The largest absolute Gasteiger partial charge is 0.612 e. The standard InChI is InChI=1S/C21H22ClFN2O3S/c1-29(27)18-5-3-2-4-14(18)9-24-20-11-21(12-20,13-20)25-19(26)10-28-15-6-7-16(22)17(23)8-15/h2-8,24H,9-13H2,1H3,(H,25,26). The molecule has 2 aromatic carbocycles. The van der Waals surface area contributed by atoms with Crippen LogP contribution in [0.4, 0.5) is 4.39 Å². The van der Waals surface area contributed by atoms with Crippen LogP contribution in [-0.2, 0) is 22.5 Å². The summed E-state index contributed by atoms with van der Waals surface area (Å²) in [6.45, 7) is 0.490. The quantitative estimate of drug-likeness (QED) is 0.623. The van der Waals surface area contributed by atoms with Gasteiger partial charge >= 0.3 is 0 Å². The number of ether oxygens (including phenoxy) is 1. The van der Waals surface area contributed by atoms with Gasteiger partial charge in [-0.25, -0.2) is 4.39 Å². The SMILES string of the molecule is C[S+]([O-])c1ccccc1CNC12CC(NC(=O)COc3ccc(Cl)c(F)c3)(C1)C2. The predicted molar refractivity (Wildman–Crippen MR) is 110 cm³/mol. The number of rotatable bonds is 8. The van der Waals surface area contributed by atoms with E-state index in [1.165, 1.54) is 12.1 Å². The molecule has 3 aliphatic carbocycles. The first kappa shape index (κ1) is 20.5. The van der Waals surface area contributed by atoms with E-state index in [1.54, 1.807) is 6.26 Å². The highest BCUT2D eigenvalue weighted by molar-refractivity contribution is 7.90. The average molecular weight is 437 g/mol. The first-order valence-corrected chi connectivity index (χ1v) is 11.3. The molecule has 0 spiro atoms. The molecular weight excluding hydrogens is 415 g/mol. The molecule has 0 aliphatic heterocycles. The average Bonchev–Trinajstić information content (AvgIpc) is 2.63. The van der Waals surface area contributed by atoms with Crippen LogP contribution in [0.2, 0.25) is 5.02 Å². The van der Waals surface area contributed by atoms with Gasteiger partial charge in [0.2, 0.25) is 0 Å². The Hall–Kier alpha value is -1.80. The second kappa shape index (κ2) is 7.80.